The molecule has 0 saturated carbocycles. The fourth-order valence-electron chi connectivity index (χ4n) is 1.11. The van der Waals surface area contributed by atoms with Gasteiger partial charge in [-0.1, -0.05) is 25.1 Å². The lowest BCUT2D eigenvalue weighted by Crippen LogP contribution is -2.34. The Hall–Kier alpha value is -1.56. The van der Waals surface area contributed by atoms with Crippen molar-refractivity contribution < 1.29 is 17.9 Å². The summed E-state index contributed by atoms with van der Waals surface area (Å²) in [6, 6.07) is 8.50. The number of rotatable bonds is 4. The molecule has 0 aliphatic rings. The van der Waals surface area contributed by atoms with Crippen LogP contribution < -0.4 is 4.74 Å². The van der Waals surface area contributed by atoms with Crippen molar-refractivity contribution in [3.8, 4) is 5.75 Å². The summed E-state index contributed by atoms with van der Waals surface area (Å²) in [7, 11) is -1.84. The summed E-state index contributed by atoms with van der Waals surface area (Å²) in [6.07, 6.45) is -0.687. The Morgan fingerprint density at radius 2 is 1.88 bits per heavy atom. The zero-order valence-corrected chi connectivity index (χ0v) is 10.6. The van der Waals surface area contributed by atoms with Gasteiger partial charge >= 0.3 is 6.09 Å². The molecule has 0 radical (unpaired) electrons. The SMILES string of the molecule is CCS(=O)(=O)CN(C)C(=O)Oc1ccccc1. The number of nitrogens with zero attached hydrogens (tertiary/aromatic N) is 1. The van der Waals surface area contributed by atoms with Crippen molar-refractivity contribution in [1.29, 1.82) is 0 Å². The van der Waals surface area contributed by atoms with E-state index in [2.05, 4.69) is 0 Å². The molecule has 17 heavy (non-hydrogen) atoms. The van der Waals surface area contributed by atoms with Gasteiger partial charge in [0.15, 0.2) is 9.84 Å². The molecule has 0 bridgehead atoms. The van der Waals surface area contributed by atoms with Crippen molar-refractivity contribution in [2.75, 3.05) is 18.7 Å². The molecule has 1 amide bonds. The van der Waals surface area contributed by atoms with Crippen molar-refractivity contribution in [2.24, 2.45) is 0 Å². The molecule has 6 heteroatoms. The quantitative estimate of drug-likeness (QED) is 0.820. The highest BCUT2D eigenvalue weighted by Crippen LogP contribution is 2.10. The average molecular weight is 257 g/mol. The highest BCUT2D eigenvalue weighted by Gasteiger charge is 2.17. The standard InChI is InChI=1S/C11H15NO4S/c1-3-17(14,15)9-12(2)11(13)16-10-7-5-4-6-8-10/h4-8H,3,9H2,1-2H3. The van der Waals surface area contributed by atoms with Gasteiger partial charge in [-0.05, 0) is 12.1 Å². The average Bonchev–Trinajstić information content (AvgIpc) is 2.30. The minimum Gasteiger partial charge on any atom is -0.410 e. The molecule has 0 atom stereocenters. The van der Waals surface area contributed by atoms with Crippen LogP contribution in [0.2, 0.25) is 0 Å². The molecule has 0 heterocycles. The summed E-state index contributed by atoms with van der Waals surface area (Å²) < 4.78 is 27.6. The van der Waals surface area contributed by atoms with Crippen LogP contribution >= 0.6 is 0 Å². The molecule has 0 fully saturated rings. The number of benzene rings is 1. The number of hydrogen-bond acceptors (Lipinski definition) is 4. The van der Waals surface area contributed by atoms with E-state index in [9.17, 15) is 13.2 Å². The first-order chi connectivity index (χ1) is 7.94. The maximum absolute atomic E-state index is 11.5. The van der Waals surface area contributed by atoms with Crippen LogP contribution in [-0.2, 0) is 9.84 Å². The second-order valence-electron chi connectivity index (χ2n) is 3.54. The van der Waals surface area contributed by atoms with E-state index in [0.29, 0.717) is 5.75 Å². The third kappa shape index (κ3) is 4.44. The first kappa shape index (κ1) is 13.5. The predicted molar refractivity (Wildman–Crippen MR) is 64.6 cm³/mol. The highest BCUT2D eigenvalue weighted by molar-refractivity contribution is 7.91. The van der Waals surface area contributed by atoms with Gasteiger partial charge in [0.2, 0.25) is 0 Å². The van der Waals surface area contributed by atoms with Crippen LogP contribution in [0.3, 0.4) is 0 Å². The second-order valence-corrected chi connectivity index (χ2v) is 5.86. The number of hydrogen-bond donors (Lipinski definition) is 0. The summed E-state index contributed by atoms with van der Waals surface area (Å²) in [6.45, 7) is 1.53. The zero-order chi connectivity index (χ0) is 12.9. The largest absolute Gasteiger partial charge is 0.415 e. The van der Waals surface area contributed by atoms with E-state index >= 15 is 0 Å². The van der Waals surface area contributed by atoms with Crippen molar-refractivity contribution in [3.63, 3.8) is 0 Å². The number of para-hydroxylation sites is 1. The molecule has 0 saturated heterocycles. The maximum Gasteiger partial charge on any atom is 0.415 e. The predicted octanol–water partition coefficient (Wildman–Crippen LogP) is 1.51. The Labute approximate surface area is 101 Å². The van der Waals surface area contributed by atoms with Crippen molar-refractivity contribution in [1.82, 2.24) is 4.90 Å². The normalized spacial score (nSPS) is 10.9. The molecule has 0 aliphatic heterocycles. The zero-order valence-electron chi connectivity index (χ0n) is 9.79. The van der Waals surface area contributed by atoms with Crippen LogP contribution in [0.15, 0.2) is 30.3 Å². The number of ether oxygens (including phenoxy) is 1. The summed E-state index contributed by atoms with van der Waals surface area (Å²) >= 11 is 0. The smallest absolute Gasteiger partial charge is 0.410 e. The molecule has 0 N–H and O–H groups in total. The molecule has 1 aromatic carbocycles. The van der Waals surface area contributed by atoms with Crippen LogP contribution in [0.1, 0.15) is 6.92 Å². The van der Waals surface area contributed by atoms with E-state index < -0.39 is 15.9 Å². The summed E-state index contributed by atoms with van der Waals surface area (Å²) in [5.74, 6) is 0.0451. The van der Waals surface area contributed by atoms with Crippen LogP contribution in [0, 0.1) is 0 Å². The molecule has 0 unspecified atom stereocenters. The third-order valence-corrected chi connectivity index (χ3v) is 3.75. The monoisotopic (exact) mass is 257 g/mol. The Morgan fingerprint density at radius 1 is 1.29 bits per heavy atom. The van der Waals surface area contributed by atoms with Gasteiger partial charge in [-0.3, -0.25) is 4.90 Å². The van der Waals surface area contributed by atoms with Gasteiger partial charge in [0.05, 0.1) is 0 Å². The van der Waals surface area contributed by atoms with Crippen molar-refractivity contribution in [3.05, 3.63) is 30.3 Å². The van der Waals surface area contributed by atoms with E-state index in [0.717, 1.165) is 4.90 Å². The Morgan fingerprint density at radius 3 is 2.41 bits per heavy atom. The Balaban J connectivity index is 2.60. The van der Waals surface area contributed by atoms with Gasteiger partial charge < -0.3 is 4.74 Å². The van der Waals surface area contributed by atoms with Crippen molar-refractivity contribution >= 4 is 15.9 Å². The summed E-state index contributed by atoms with van der Waals surface area (Å²) in [5, 5.41) is 0. The second kappa shape index (κ2) is 5.67. The Bertz CT molecular complexity index is 470. The number of carbonyl (C=O) groups is 1. The molecular formula is C11H15NO4S. The fourth-order valence-corrected chi connectivity index (χ4v) is 1.98. The van der Waals surface area contributed by atoms with Crippen LogP contribution in [0.25, 0.3) is 0 Å². The maximum atomic E-state index is 11.5. The summed E-state index contributed by atoms with van der Waals surface area (Å²) in [4.78, 5) is 12.6. The first-order valence-electron chi connectivity index (χ1n) is 5.13. The van der Waals surface area contributed by atoms with E-state index in [-0.39, 0.29) is 11.6 Å². The van der Waals surface area contributed by atoms with Crippen molar-refractivity contribution in [2.45, 2.75) is 6.92 Å². The highest BCUT2D eigenvalue weighted by atomic mass is 32.2. The van der Waals surface area contributed by atoms with E-state index in [4.69, 9.17) is 4.74 Å². The lowest BCUT2D eigenvalue weighted by atomic mass is 10.3. The van der Waals surface area contributed by atoms with Gasteiger partial charge in [-0.2, -0.15) is 0 Å². The molecule has 0 aromatic heterocycles. The molecule has 0 spiro atoms. The number of sulfone groups is 1. The summed E-state index contributed by atoms with van der Waals surface area (Å²) in [5.41, 5.74) is 0. The molecule has 1 aromatic rings. The minimum atomic E-state index is -3.23. The molecule has 0 aliphatic carbocycles. The molecular weight excluding hydrogens is 242 g/mol. The van der Waals surface area contributed by atoms with Gasteiger partial charge in [0.1, 0.15) is 11.6 Å². The Kier molecular flexibility index (Phi) is 4.51. The van der Waals surface area contributed by atoms with Gasteiger partial charge in [-0.25, -0.2) is 13.2 Å². The first-order valence-corrected chi connectivity index (χ1v) is 6.95. The number of carbonyl (C=O) groups excluding carboxylic acids is 1. The lowest BCUT2D eigenvalue weighted by molar-refractivity contribution is 0.169. The third-order valence-electron chi connectivity index (χ3n) is 2.09. The minimum absolute atomic E-state index is 0.00401. The molecule has 1 rings (SSSR count). The molecule has 5 nitrogen and oxygen atoms in total. The van der Waals surface area contributed by atoms with Crippen LogP contribution in [-0.4, -0.2) is 38.1 Å². The van der Waals surface area contributed by atoms with E-state index in [1.54, 1.807) is 30.3 Å². The number of amides is 1. The van der Waals surface area contributed by atoms with Crippen LogP contribution in [0.4, 0.5) is 4.79 Å². The fraction of sp³-hybridized carbons (Fsp3) is 0.364. The van der Waals surface area contributed by atoms with Gasteiger partial charge in [0.25, 0.3) is 0 Å². The van der Waals surface area contributed by atoms with E-state index in [1.165, 1.54) is 14.0 Å². The van der Waals surface area contributed by atoms with E-state index in [1.807, 2.05) is 0 Å². The topological polar surface area (TPSA) is 63.7 Å². The molecule has 94 valence electrons. The van der Waals surface area contributed by atoms with Crippen LogP contribution in [0.5, 0.6) is 5.75 Å². The van der Waals surface area contributed by atoms with Gasteiger partial charge in [0, 0.05) is 12.8 Å². The lowest BCUT2D eigenvalue weighted by Gasteiger charge is -2.16. The van der Waals surface area contributed by atoms with Gasteiger partial charge in [-0.15, -0.1) is 0 Å².